The second-order valence-electron chi connectivity index (χ2n) is 15.9. The first kappa shape index (κ1) is 36.4. The highest BCUT2D eigenvalue weighted by molar-refractivity contribution is 6.12. The van der Waals surface area contributed by atoms with E-state index in [4.69, 9.17) is 19.9 Å². The van der Waals surface area contributed by atoms with E-state index in [1.807, 2.05) is 66.9 Å². The third-order valence-electron chi connectivity index (χ3n) is 12.1. The van der Waals surface area contributed by atoms with Gasteiger partial charge < -0.3 is 4.57 Å². The van der Waals surface area contributed by atoms with Crippen LogP contribution < -0.4 is 0 Å². The summed E-state index contributed by atoms with van der Waals surface area (Å²) in [4.78, 5) is 20.1. The summed E-state index contributed by atoms with van der Waals surface area (Å²) in [5.74, 6) is 2.80. The maximum absolute atomic E-state index is 5.09. The highest BCUT2D eigenvalue weighted by atomic mass is 15.1. The molecule has 63 heavy (non-hydrogen) atoms. The zero-order valence-electron chi connectivity index (χ0n) is 34.2. The molecule has 4 aromatic heterocycles. The molecule has 7 aromatic carbocycles. The van der Waals surface area contributed by atoms with Gasteiger partial charge in [-0.05, 0) is 77.2 Å². The number of para-hydroxylation sites is 2. The van der Waals surface area contributed by atoms with Gasteiger partial charge in [-0.3, -0.25) is 4.57 Å². The number of pyridine rings is 1. The van der Waals surface area contributed by atoms with Gasteiger partial charge in [0.15, 0.2) is 17.5 Å². The van der Waals surface area contributed by atoms with E-state index in [-0.39, 0.29) is 0 Å². The molecule has 0 aliphatic heterocycles. The fraction of sp³-hybridized carbons (Fsp3) is 0.0175. The van der Waals surface area contributed by atoms with E-state index in [0.717, 1.165) is 73.4 Å². The molecule has 0 saturated heterocycles. The maximum Gasteiger partial charge on any atom is 0.164 e. The average molecular weight is 807 g/mol. The van der Waals surface area contributed by atoms with E-state index < -0.39 is 0 Å². The highest BCUT2D eigenvalue weighted by Gasteiger charge is 2.19. The molecule has 6 heteroatoms. The topological polar surface area (TPSA) is 61.4 Å². The van der Waals surface area contributed by atoms with Crippen LogP contribution in [-0.2, 0) is 0 Å². The summed E-state index contributed by atoms with van der Waals surface area (Å²) in [5, 5.41) is 4.78. The lowest BCUT2D eigenvalue weighted by Crippen LogP contribution is -2.00. The summed E-state index contributed by atoms with van der Waals surface area (Å²) < 4.78 is 4.71. The molecule has 296 valence electrons. The Bertz CT molecular complexity index is 3570. The summed E-state index contributed by atoms with van der Waals surface area (Å²) >= 11 is 0. The van der Waals surface area contributed by atoms with E-state index in [0.29, 0.717) is 17.5 Å². The van der Waals surface area contributed by atoms with Gasteiger partial charge >= 0.3 is 0 Å². The average Bonchev–Trinajstić information content (AvgIpc) is 3.71. The molecule has 0 saturated carbocycles. The van der Waals surface area contributed by atoms with Crippen molar-refractivity contribution in [2.45, 2.75) is 6.42 Å². The summed E-state index contributed by atoms with van der Waals surface area (Å²) in [6.07, 6.45) is 13.5. The molecular formula is C57H38N6. The van der Waals surface area contributed by atoms with E-state index in [1.165, 1.54) is 27.1 Å². The largest absolute Gasteiger partial charge is 0.309 e. The van der Waals surface area contributed by atoms with Gasteiger partial charge in [-0.2, -0.15) is 0 Å². The van der Waals surface area contributed by atoms with Gasteiger partial charge in [-0.1, -0.05) is 164 Å². The standard InChI is InChI=1S/C57H38N6/c1-2-6-17-38(16-5-1)44-29-33-54(58-37-44)63-51-27-14-12-25-47(51)49-32-30-45(36-53(49)63)62-50-26-13-11-24-46(50)48-31-28-42(35-52(48)62)41-22-15-23-43(34-41)57-60-55(39-18-7-3-8-19-39)59-56(61-57)40-20-9-4-10-21-40/h1-16,18-37H,17H2. The lowest BCUT2D eigenvalue weighted by molar-refractivity contribution is 1.07. The van der Waals surface area contributed by atoms with Gasteiger partial charge in [0.1, 0.15) is 5.82 Å². The van der Waals surface area contributed by atoms with Crippen molar-refractivity contribution >= 4 is 49.2 Å². The van der Waals surface area contributed by atoms with Crippen LogP contribution in [0.2, 0.25) is 0 Å². The summed E-state index contributed by atoms with van der Waals surface area (Å²) in [7, 11) is 0. The SMILES string of the molecule is C1=CC=C(c2ccc(-n3c4ccccc4c4ccc(-n5c6ccccc6c6ccc(-c7cccc(-c8nc(-c9ccccc9)nc(-c9ccccc9)n8)c7)cc65)cc43)nc2)CC=C1. The number of rotatable bonds is 7. The second-order valence-corrected chi connectivity index (χ2v) is 15.9. The van der Waals surface area contributed by atoms with Gasteiger partial charge in [0, 0.05) is 50.1 Å². The number of allylic oxidation sites excluding steroid dienone is 6. The van der Waals surface area contributed by atoms with E-state index in [2.05, 4.69) is 161 Å². The summed E-state index contributed by atoms with van der Waals surface area (Å²) in [6.45, 7) is 0. The minimum absolute atomic E-state index is 0.628. The Morgan fingerprint density at radius 1 is 0.365 bits per heavy atom. The van der Waals surface area contributed by atoms with Crippen molar-refractivity contribution < 1.29 is 0 Å². The molecule has 0 unspecified atom stereocenters. The summed E-state index contributed by atoms with van der Waals surface area (Å²) in [6, 6.07) is 64.0. The van der Waals surface area contributed by atoms with E-state index >= 15 is 0 Å². The van der Waals surface area contributed by atoms with Crippen molar-refractivity contribution in [1.29, 1.82) is 0 Å². The molecule has 0 fully saturated rings. The molecule has 0 N–H and O–H groups in total. The van der Waals surface area contributed by atoms with Crippen LogP contribution in [0.3, 0.4) is 0 Å². The first-order valence-corrected chi connectivity index (χ1v) is 21.3. The number of hydrogen-bond acceptors (Lipinski definition) is 4. The first-order chi connectivity index (χ1) is 31.2. The number of fused-ring (bicyclic) bond motifs is 6. The van der Waals surface area contributed by atoms with Gasteiger partial charge in [0.05, 0.1) is 22.1 Å². The fourth-order valence-corrected chi connectivity index (χ4v) is 9.05. The summed E-state index contributed by atoms with van der Waals surface area (Å²) in [5.41, 5.74) is 12.9. The third-order valence-corrected chi connectivity index (χ3v) is 12.1. The number of benzene rings is 7. The Kier molecular flexibility index (Phi) is 8.78. The van der Waals surface area contributed by atoms with Crippen molar-refractivity contribution in [3.8, 4) is 56.8 Å². The Hall–Kier alpha value is -8.48. The van der Waals surface area contributed by atoms with Crippen molar-refractivity contribution in [2.24, 2.45) is 0 Å². The molecule has 0 amide bonds. The van der Waals surface area contributed by atoms with Crippen LogP contribution in [0.25, 0.3) is 106 Å². The van der Waals surface area contributed by atoms with Crippen LogP contribution in [-0.4, -0.2) is 29.1 Å². The van der Waals surface area contributed by atoms with Gasteiger partial charge in [0.25, 0.3) is 0 Å². The van der Waals surface area contributed by atoms with Crippen LogP contribution >= 0.6 is 0 Å². The lowest BCUT2D eigenvalue weighted by atomic mass is 10.0. The maximum atomic E-state index is 5.09. The van der Waals surface area contributed by atoms with Crippen molar-refractivity contribution in [3.05, 3.63) is 224 Å². The smallest absolute Gasteiger partial charge is 0.164 e. The molecule has 1 aliphatic rings. The van der Waals surface area contributed by atoms with Crippen molar-refractivity contribution in [2.75, 3.05) is 0 Å². The molecule has 11 aromatic rings. The molecule has 4 heterocycles. The molecule has 12 rings (SSSR count). The van der Waals surface area contributed by atoms with Crippen molar-refractivity contribution in [1.82, 2.24) is 29.1 Å². The van der Waals surface area contributed by atoms with Crippen LogP contribution in [0.1, 0.15) is 12.0 Å². The van der Waals surface area contributed by atoms with Crippen molar-refractivity contribution in [3.63, 3.8) is 0 Å². The number of nitrogens with zero attached hydrogens (tertiary/aromatic N) is 6. The predicted molar refractivity (Wildman–Crippen MR) is 259 cm³/mol. The second kappa shape index (κ2) is 15.2. The van der Waals surface area contributed by atoms with Crippen LogP contribution in [0.4, 0.5) is 0 Å². The molecule has 0 radical (unpaired) electrons. The fourth-order valence-electron chi connectivity index (χ4n) is 9.05. The Morgan fingerprint density at radius 2 is 0.921 bits per heavy atom. The highest BCUT2D eigenvalue weighted by Crippen LogP contribution is 2.39. The molecule has 6 nitrogen and oxygen atoms in total. The molecular weight excluding hydrogens is 769 g/mol. The minimum atomic E-state index is 0.628. The van der Waals surface area contributed by atoms with Gasteiger partial charge in [-0.15, -0.1) is 0 Å². The molecule has 0 bridgehead atoms. The number of aromatic nitrogens is 6. The predicted octanol–water partition coefficient (Wildman–Crippen LogP) is 14.0. The first-order valence-electron chi connectivity index (χ1n) is 21.3. The quantitative estimate of drug-likeness (QED) is 0.161. The monoisotopic (exact) mass is 806 g/mol. The van der Waals surface area contributed by atoms with Crippen LogP contribution in [0.15, 0.2) is 219 Å². The normalized spacial score (nSPS) is 12.7. The van der Waals surface area contributed by atoms with Gasteiger partial charge in [-0.25, -0.2) is 19.9 Å². The Morgan fingerprint density at radius 3 is 1.62 bits per heavy atom. The Balaban J connectivity index is 0.994. The van der Waals surface area contributed by atoms with Crippen LogP contribution in [0, 0.1) is 0 Å². The molecule has 0 atom stereocenters. The molecule has 1 aliphatic carbocycles. The minimum Gasteiger partial charge on any atom is -0.309 e. The third kappa shape index (κ3) is 6.44. The van der Waals surface area contributed by atoms with Gasteiger partial charge in [0.2, 0.25) is 0 Å². The zero-order valence-corrected chi connectivity index (χ0v) is 34.2. The molecule has 0 spiro atoms. The van der Waals surface area contributed by atoms with E-state index in [1.54, 1.807) is 0 Å². The van der Waals surface area contributed by atoms with E-state index in [9.17, 15) is 0 Å². The van der Waals surface area contributed by atoms with Crippen LogP contribution in [0.5, 0.6) is 0 Å². The number of hydrogen-bond donors (Lipinski definition) is 0. The Labute approximate surface area is 364 Å². The lowest BCUT2D eigenvalue weighted by Gasteiger charge is -2.12. The zero-order chi connectivity index (χ0) is 41.7.